The zero-order valence-corrected chi connectivity index (χ0v) is 15.8. The van der Waals surface area contributed by atoms with Gasteiger partial charge in [-0.15, -0.1) is 0 Å². The van der Waals surface area contributed by atoms with Crippen LogP contribution in [0.25, 0.3) is 0 Å². The van der Waals surface area contributed by atoms with E-state index < -0.39 is 29.8 Å². The summed E-state index contributed by atoms with van der Waals surface area (Å²) in [6.07, 6.45) is 2.48. The lowest BCUT2D eigenvalue weighted by Gasteiger charge is -2.29. The van der Waals surface area contributed by atoms with E-state index in [0.29, 0.717) is 28.5 Å². The highest BCUT2D eigenvalue weighted by Crippen LogP contribution is 2.32. The summed E-state index contributed by atoms with van der Waals surface area (Å²) >= 11 is 12.0. The minimum absolute atomic E-state index is 0.0926. The number of carbonyl (C=O) groups is 3. The Bertz CT molecular complexity index is 694. The molecule has 0 heterocycles. The van der Waals surface area contributed by atoms with Gasteiger partial charge in [-0.3, -0.25) is 14.4 Å². The van der Waals surface area contributed by atoms with Gasteiger partial charge in [-0.05, 0) is 30.5 Å². The molecule has 0 saturated heterocycles. The number of halogens is 2. The number of methoxy groups -OCH3 is 1. The van der Waals surface area contributed by atoms with E-state index in [4.69, 9.17) is 27.9 Å². The number of amides is 1. The van der Waals surface area contributed by atoms with Crippen LogP contribution in [-0.2, 0) is 19.1 Å². The third-order valence-corrected chi connectivity index (χ3v) is 5.42. The maximum absolute atomic E-state index is 12.7. The third kappa shape index (κ3) is 5.11. The van der Waals surface area contributed by atoms with Crippen LogP contribution in [0, 0.1) is 11.8 Å². The molecule has 1 aromatic carbocycles. The van der Waals surface area contributed by atoms with Gasteiger partial charge in [0, 0.05) is 0 Å². The van der Waals surface area contributed by atoms with Crippen LogP contribution in [-0.4, -0.2) is 30.1 Å². The summed E-state index contributed by atoms with van der Waals surface area (Å²) in [4.78, 5) is 35.9. The number of hydrogen-bond donors (Lipinski definition) is 2. The van der Waals surface area contributed by atoms with Gasteiger partial charge >= 0.3 is 11.9 Å². The summed E-state index contributed by atoms with van der Waals surface area (Å²) in [5.41, 5.74) is 0.598. The Hall–Kier alpha value is -1.79. The van der Waals surface area contributed by atoms with Crippen molar-refractivity contribution in [1.82, 2.24) is 5.32 Å². The number of esters is 1. The van der Waals surface area contributed by atoms with Gasteiger partial charge in [0.25, 0.3) is 0 Å². The minimum Gasteiger partial charge on any atom is -0.481 e. The first-order valence-electron chi connectivity index (χ1n) is 8.38. The number of nitrogens with one attached hydrogen (secondary N) is 1. The summed E-state index contributed by atoms with van der Waals surface area (Å²) in [6, 6.07) is 4.14. The second-order valence-corrected chi connectivity index (χ2v) is 7.17. The van der Waals surface area contributed by atoms with Crippen LogP contribution in [0.2, 0.25) is 10.0 Å². The van der Waals surface area contributed by atoms with Crippen LogP contribution < -0.4 is 5.32 Å². The Kier molecular flexibility index (Phi) is 7.29. The maximum atomic E-state index is 12.7. The van der Waals surface area contributed by atoms with Gasteiger partial charge in [0.1, 0.15) is 0 Å². The summed E-state index contributed by atoms with van der Waals surface area (Å²) in [5.74, 6) is -3.18. The van der Waals surface area contributed by atoms with Gasteiger partial charge < -0.3 is 15.2 Å². The highest BCUT2D eigenvalue weighted by Gasteiger charge is 2.36. The molecule has 1 aromatic rings. The molecule has 0 radical (unpaired) electrons. The second-order valence-electron chi connectivity index (χ2n) is 6.35. The van der Waals surface area contributed by atoms with E-state index in [0.717, 1.165) is 12.8 Å². The lowest BCUT2D eigenvalue weighted by molar-refractivity contribution is -0.149. The normalized spacial score (nSPS) is 20.9. The molecule has 0 aromatic heterocycles. The Balaban J connectivity index is 2.22. The number of carboxylic acids is 1. The number of carbonyl (C=O) groups excluding carboxylic acids is 2. The third-order valence-electron chi connectivity index (χ3n) is 4.68. The van der Waals surface area contributed by atoms with Gasteiger partial charge in [-0.25, -0.2) is 0 Å². The maximum Gasteiger partial charge on any atom is 0.307 e. The van der Waals surface area contributed by atoms with Gasteiger partial charge in [0.15, 0.2) is 0 Å². The number of carboxylic acid groups (broad SMARTS) is 1. The summed E-state index contributed by atoms with van der Waals surface area (Å²) < 4.78 is 4.70. The molecule has 8 heteroatoms. The fourth-order valence-corrected chi connectivity index (χ4v) is 3.56. The quantitative estimate of drug-likeness (QED) is 0.710. The molecule has 3 atom stereocenters. The van der Waals surface area contributed by atoms with Crippen molar-refractivity contribution in [3.63, 3.8) is 0 Å². The Labute approximate surface area is 161 Å². The number of hydrogen-bond acceptors (Lipinski definition) is 4. The average Bonchev–Trinajstić information content (AvgIpc) is 2.63. The molecule has 6 nitrogen and oxygen atoms in total. The lowest BCUT2D eigenvalue weighted by Crippen LogP contribution is -2.41. The summed E-state index contributed by atoms with van der Waals surface area (Å²) in [7, 11) is 1.26. The Morgan fingerprint density at radius 3 is 2.42 bits per heavy atom. The number of ether oxygens (including phenoxy) is 1. The van der Waals surface area contributed by atoms with Crippen LogP contribution in [0.4, 0.5) is 0 Å². The SMILES string of the molecule is COC(=O)C[C@H](NC(=O)[C@@H]1CCCC[C@@H]1C(=O)O)c1ccc(Cl)c(Cl)c1. The number of aliphatic carboxylic acids is 1. The predicted octanol–water partition coefficient (Wildman–Crippen LogP) is 3.60. The van der Waals surface area contributed by atoms with Crippen LogP contribution in [0.3, 0.4) is 0 Å². The van der Waals surface area contributed by atoms with Crippen LogP contribution in [0.1, 0.15) is 43.7 Å². The van der Waals surface area contributed by atoms with E-state index in [9.17, 15) is 19.5 Å². The molecule has 2 rings (SSSR count). The van der Waals surface area contributed by atoms with Crippen molar-refractivity contribution in [3.8, 4) is 0 Å². The van der Waals surface area contributed by atoms with E-state index in [1.807, 2.05) is 0 Å². The van der Waals surface area contributed by atoms with Gasteiger partial charge in [0.05, 0.1) is 41.5 Å². The molecule has 0 unspecified atom stereocenters. The molecule has 1 fully saturated rings. The van der Waals surface area contributed by atoms with Gasteiger partial charge in [-0.1, -0.05) is 42.1 Å². The monoisotopic (exact) mass is 401 g/mol. The van der Waals surface area contributed by atoms with Crippen molar-refractivity contribution >= 4 is 41.0 Å². The zero-order valence-electron chi connectivity index (χ0n) is 14.3. The van der Waals surface area contributed by atoms with Crippen molar-refractivity contribution in [2.45, 2.75) is 38.1 Å². The molecule has 0 bridgehead atoms. The molecule has 1 saturated carbocycles. The summed E-state index contributed by atoms with van der Waals surface area (Å²) in [6.45, 7) is 0. The molecule has 0 aliphatic heterocycles. The van der Waals surface area contributed by atoms with Crippen molar-refractivity contribution in [2.75, 3.05) is 7.11 Å². The van der Waals surface area contributed by atoms with E-state index in [1.54, 1.807) is 18.2 Å². The predicted molar refractivity (Wildman–Crippen MR) is 97.1 cm³/mol. The van der Waals surface area contributed by atoms with Gasteiger partial charge in [-0.2, -0.15) is 0 Å². The van der Waals surface area contributed by atoms with Crippen molar-refractivity contribution in [1.29, 1.82) is 0 Å². The molecular weight excluding hydrogens is 381 g/mol. The highest BCUT2D eigenvalue weighted by molar-refractivity contribution is 6.42. The average molecular weight is 402 g/mol. The molecule has 26 heavy (non-hydrogen) atoms. The van der Waals surface area contributed by atoms with E-state index in [2.05, 4.69) is 5.32 Å². The molecule has 2 N–H and O–H groups in total. The molecular formula is C18H21Cl2NO5. The first-order valence-corrected chi connectivity index (χ1v) is 9.14. The van der Waals surface area contributed by atoms with Crippen molar-refractivity contribution in [3.05, 3.63) is 33.8 Å². The first kappa shape index (κ1) is 20.5. The highest BCUT2D eigenvalue weighted by atomic mass is 35.5. The van der Waals surface area contributed by atoms with E-state index >= 15 is 0 Å². The molecule has 1 aliphatic carbocycles. The minimum atomic E-state index is -0.969. The van der Waals surface area contributed by atoms with Crippen LogP contribution >= 0.6 is 23.2 Å². The molecule has 142 valence electrons. The lowest BCUT2D eigenvalue weighted by atomic mass is 9.78. The van der Waals surface area contributed by atoms with Crippen molar-refractivity contribution in [2.24, 2.45) is 11.8 Å². The first-order chi connectivity index (χ1) is 12.3. The largest absolute Gasteiger partial charge is 0.481 e. The van der Waals surface area contributed by atoms with Crippen molar-refractivity contribution < 1.29 is 24.2 Å². The molecule has 1 amide bonds. The van der Waals surface area contributed by atoms with E-state index in [-0.39, 0.29) is 12.3 Å². The molecule has 0 spiro atoms. The summed E-state index contributed by atoms with van der Waals surface area (Å²) in [5, 5.41) is 12.8. The van der Waals surface area contributed by atoms with Crippen LogP contribution in [0.5, 0.6) is 0 Å². The van der Waals surface area contributed by atoms with E-state index in [1.165, 1.54) is 7.11 Å². The fourth-order valence-electron chi connectivity index (χ4n) is 3.25. The smallest absolute Gasteiger partial charge is 0.307 e. The Morgan fingerprint density at radius 1 is 1.19 bits per heavy atom. The Morgan fingerprint density at radius 2 is 1.85 bits per heavy atom. The van der Waals surface area contributed by atoms with Crippen LogP contribution in [0.15, 0.2) is 18.2 Å². The second kappa shape index (κ2) is 9.24. The standard InChI is InChI=1S/C18H21Cl2NO5/c1-26-16(22)9-15(10-6-7-13(19)14(20)8-10)21-17(23)11-4-2-3-5-12(11)18(24)25/h6-8,11-12,15H,2-5,9H2,1H3,(H,21,23)(H,24,25)/t11-,12+,15+/m1/s1. The topological polar surface area (TPSA) is 92.7 Å². The fraction of sp³-hybridized carbons (Fsp3) is 0.500. The zero-order chi connectivity index (χ0) is 19.3. The number of benzene rings is 1. The van der Waals surface area contributed by atoms with Gasteiger partial charge in [0.2, 0.25) is 5.91 Å². The number of rotatable bonds is 6. The molecule has 1 aliphatic rings.